The van der Waals surface area contributed by atoms with Crippen LogP contribution >= 0.6 is 0 Å². The van der Waals surface area contributed by atoms with Crippen molar-refractivity contribution in [3.05, 3.63) is 58.5 Å². The third-order valence-corrected chi connectivity index (χ3v) is 4.32. The lowest BCUT2D eigenvalue weighted by Crippen LogP contribution is -2.05. The van der Waals surface area contributed by atoms with Gasteiger partial charge >= 0.3 is 6.18 Å². The predicted molar refractivity (Wildman–Crippen MR) is 86.3 cm³/mol. The Kier molecular flexibility index (Phi) is 3.07. The van der Waals surface area contributed by atoms with Gasteiger partial charge in [0.2, 0.25) is 0 Å². The van der Waals surface area contributed by atoms with Gasteiger partial charge in [0, 0.05) is 25.2 Å². The number of alkyl halides is 3. The van der Waals surface area contributed by atoms with Gasteiger partial charge in [-0.25, -0.2) is 9.97 Å². The smallest absolute Gasteiger partial charge is 0.312 e. The van der Waals surface area contributed by atoms with Crippen LogP contribution in [0.1, 0.15) is 28.1 Å². The fourth-order valence-corrected chi connectivity index (χ4v) is 3.12. The van der Waals surface area contributed by atoms with Gasteiger partial charge in [0.15, 0.2) is 5.65 Å². The molecule has 0 atom stereocenters. The summed E-state index contributed by atoms with van der Waals surface area (Å²) in [7, 11) is 1.87. The first-order valence-corrected chi connectivity index (χ1v) is 7.53. The Hall–Kier alpha value is -2.63. The van der Waals surface area contributed by atoms with Crippen LogP contribution in [0.15, 0.2) is 30.5 Å². The van der Waals surface area contributed by atoms with Crippen molar-refractivity contribution in [2.75, 3.05) is 0 Å². The molecule has 1 aromatic carbocycles. The number of hydrogen-bond acceptors (Lipinski definition) is 2. The molecular formula is C18H14F3N3. The summed E-state index contributed by atoms with van der Waals surface area (Å²) in [4.78, 5) is 9.01. The zero-order valence-corrected chi connectivity index (χ0v) is 13.1. The second kappa shape index (κ2) is 4.93. The average molecular weight is 329 g/mol. The van der Waals surface area contributed by atoms with E-state index in [2.05, 4.69) is 9.97 Å². The highest BCUT2D eigenvalue weighted by Gasteiger charge is 2.31. The molecule has 6 heteroatoms. The van der Waals surface area contributed by atoms with Crippen molar-refractivity contribution >= 4 is 22.8 Å². The molecule has 0 aliphatic heterocycles. The molecule has 1 aliphatic carbocycles. The molecular weight excluding hydrogens is 315 g/mol. The molecule has 3 nitrogen and oxygen atoms in total. The van der Waals surface area contributed by atoms with Crippen molar-refractivity contribution in [3.63, 3.8) is 0 Å². The molecule has 4 rings (SSSR count). The topological polar surface area (TPSA) is 30.7 Å². The van der Waals surface area contributed by atoms with Crippen LogP contribution < -0.4 is 0 Å². The Morgan fingerprint density at radius 2 is 1.96 bits per heavy atom. The molecule has 0 N–H and O–H groups in total. The van der Waals surface area contributed by atoms with E-state index >= 15 is 0 Å². The molecule has 0 saturated carbocycles. The van der Waals surface area contributed by atoms with E-state index in [1.165, 1.54) is 6.07 Å². The van der Waals surface area contributed by atoms with Crippen LogP contribution in [-0.4, -0.2) is 14.5 Å². The van der Waals surface area contributed by atoms with Gasteiger partial charge in [-0.2, -0.15) is 13.2 Å². The van der Waals surface area contributed by atoms with Crippen molar-refractivity contribution in [2.45, 2.75) is 19.5 Å². The number of aromatic nitrogens is 3. The summed E-state index contributed by atoms with van der Waals surface area (Å²) in [5.41, 5.74) is 4.35. The van der Waals surface area contributed by atoms with E-state index < -0.39 is 11.7 Å². The molecule has 2 heterocycles. The molecule has 0 unspecified atom stereocenters. The van der Waals surface area contributed by atoms with Crippen LogP contribution in [0.3, 0.4) is 0 Å². The lowest BCUT2D eigenvalue weighted by atomic mass is 10.1. The van der Waals surface area contributed by atoms with Gasteiger partial charge < -0.3 is 4.57 Å². The summed E-state index contributed by atoms with van der Waals surface area (Å²) in [5.74, 6) is 0.743. The van der Waals surface area contributed by atoms with E-state index in [1.807, 2.05) is 24.6 Å². The number of pyridine rings is 1. The Balaban J connectivity index is 1.79. The molecule has 0 amide bonds. The first-order valence-electron chi connectivity index (χ1n) is 7.53. The van der Waals surface area contributed by atoms with Gasteiger partial charge in [-0.1, -0.05) is 6.07 Å². The first kappa shape index (κ1) is 14.9. The standard InChI is InChI=1S/C18H14F3N3/c1-10-5-15-17(22-9-10)24(2)16(23-15)13-6-11-3-4-14(18(19,20)21)8-12(11)7-13/h3-5,7-9H,6H2,1-2H3. The molecule has 3 aromatic rings. The second-order valence-electron chi connectivity index (χ2n) is 6.11. The minimum absolute atomic E-state index is 0.573. The molecule has 0 saturated heterocycles. The van der Waals surface area contributed by atoms with Gasteiger partial charge in [0.1, 0.15) is 11.3 Å². The van der Waals surface area contributed by atoms with Crippen LogP contribution in [0.4, 0.5) is 13.2 Å². The van der Waals surface area contributed by atoms with Crippen molar-refractivity contribution in [1.82, 2.24) is 14.5 Å². The number of halogens is 3. The molecule has 0 radical (unpaired) electrons. The monoisotopic (exact) mass is 329 g/mol. The van der Waals surface area contributed by atoms with Gasteiger partial charge in [0.05, 0.1) is 5.56 Å². The number of benzene rings is 1. The Labute approximate surface area is 136 Å². The number of rotatable bonds is 1. The lowest BCUT2D eigenvalue weighted by Gasteiger charge is -2.07. The largest absolute Gasteiger partial charge is 0.416 e. The third-order valence-electron chi connectivity index (χ3n) is 4.32. The molecule has 24 heavy (non-hydrogen) atoms. The highest BCUT2D eigenvalue weighted by molar-refractivity contribution is 5.89. The fourth-order valence-electron chi connectivity index (χ4n) is 3.12. The van der Waals surface area contributed by atoms with E-state index in [0.29, 0.717) is 12.0 Å². The summed E-state index contributed by atoms with van der Waals surface area (Å²) in [5, 5.41) is 0. The normalized spacial score (nSPS) is 14.1. The maximum absolute atomic E-state index is 12.9. The fraction of sp³-hybridized carbons (Fsp3) is 0.222. The summed E-state index contributed by atoms with van der Waals surface area (Å²) in [6.45, 7) is 1.95. The van der Waals surface area contributed by atoms with E-state index in [9.17, 15) is 13.2 Å². The van der Waals surface area contributed by atoms with E-state index in [1.54, 1.807) is 18.3 Å². The van der Waals surface area contributed by atoms with E-state index in [4.69, 9.17) is 0 Å². The molecule has 1 aliphatic rings. The third kappa shape index (κ3) is 2.29. The number of imidazole rings is 1. The lowest BCUT2D eigenvalue weighted by molar-refractivity contribution is -0.137. The number of nitrogens with zero attached hydrogens (tertiary/aromatic N) is 3. The van der Waals surface area contributed by atoms with Crippen molar-refractivity contribution in [2.24, 2.45) is 7.05 Å². The first-order chi connectivity index (χ1) is 11.3. The summed E-state index contributed by atoms with van der Waals surface area (Å²) >= 11 is 0. The van der Waals surface area contributed by atoms with Gasteiger partial charge in [0.25, 0.3) is 0 Å². The second-order valence-corrected chi connectivity index (χ2v) is 6.11. The maximum atomic E-state index is 12.9. The van der Waals surface area contributed by atoms with E-state index in [-0.39, 0.29) is 0 Å². The van der Waals surface area contributed by atoms with Gasteiger partial charge in [-0.3, -0.25) is 0 Å². The summed E-state index contributed by atoms with van der Waals surface area (Å²) < 4.78 is 40.5. The van der Waals surface area contributed by atoms with Crippen molar-refractivity contribution < 1.29 is 13.2 Å². The SMILES string of the molecule is Cc1cnc2c(c1)nc(C1=Cc3cc(C(F)(F)F)ccc3C1)n2C. The number of fused-ring (bicyclic) bond motifs is 2. The molecule has 0 bridgehead atoms. The van der Waals surface area contributed by atoms with Crippen LogP contribution in [0.25, 0.3) is 22.8 Å². The average Bonchev–Trinajstić information content (AvgIpc) is 3.06. The quantitative estimate of drug-likeness (QED) is 0.663. The number of aryl methyl sites for hydroxylation is 2. The zero-order valence-electron chi connectivity index (χ0n) is 13.1. The van der Waals surface area contributed by atoms with Crippen molar-refractivity contribution in [3.8, 4) is 0 Å². The van der Waals surface area contributed by atoms with Gasteiger partial charge in [-0.05, 0) is 47.9 Å². The Bertz CT molecular complexity index is 997. The van der Waals surface area contributed by atoms with E-state index in [0.717, 1.165) is 39.8 Å². The summed E-state index contributed by atoms with van der Waals surface area (Å²) in [6, 6.07) is 5.84. The summed E-state index contributed by atoms with van der Waals surface area (Å²) in [6.07, 6.45) is -0.186. The van der Waals surface area contributed by atoms with Crippen LogP contribution in [0, 0.1) is 6.92 Å². The van der Waals surface area contributed by atoms with Crippen LogP contribution in [-0.2, 0) is 19.6 Å². The minimum Gasteiger partial charge on any atom is -0.312 e. The number of hydrogen-bond donors (Lipinski definition) is 0. The zero-order chi connectivity index (χ0) is 17.1. The van der Waals surface area contributed by atoms with Crippen molar-refractivity contribution in [1.29, 1.82) is 0 Å². The molecule has 0 fully saturated rings. The molecule has 2 aromatic heterocycles. The highest BCUT2D eigenvalue weighted by atomic mass is 19.4. The molecule has 122 valence electrons. The predicted octanol–water partition coefficient (Wildman–Crippen LogP) is 4.39. The molecule has 0 spiro atoms. The number of allylic oxidation sites excluding steroid dienone is 1. The van der Waals surface area contributed by atoms with Crippen LogP contribution in [0.5, 0.6) is 0 Å². The highest BCUT2D eigenvalue weighted by Crippen LogP contribution is 2.36. The maximum Gasteiger partial charge on any atom is 0.416 e. The Morgan fingerprint density at radius 3 is 2.71 bits per heavy atom. The van der Waals surface area contributed by atoms with Gasteiger partial charge in [-0.15, -0.1) is 0 Å². The van der Waals surface area contributed by atoms with Crippen LogP contribution in [0.2, 0.25) is 0 Å². The minimum atomic E-state index is -4.33. The Morgan fingerprint density at radius 1 is 1.17 bits per heavy atom.